The molecule has 0 N–H and O–H groups in total. The van der Waals surface area contributed by atoms with E-state index in [0.717, 1.165) is 18.2 Å². The minimum atomic E-state index is -0.835. The highest BCUT2D eigenvalue weighted by molar-refractivity contribution is 6.40. The molecule has 0 amide bonds. The predicted octanol–water partition coefficient (Wildman–Crippen LogP) is 5.19. The third-order valence-corrected chi connectivity index (χ3v) is 3.32. The van der Waals surface area contributed by atoms with Crippen LogP contribution in [0.1, 0.15) is 10.4 Å². The van der Waals surface area contributed by atoms with Crippen molar-refractivity contribution in [3.8, 4) is 5.75 Å². The fraction of sp³-hybridized carbons (Fsp3) is 0.0714. The van der Waals surface area contributed by atoms with Crippen LogP contribution in [0.2, 0.25) is 15.1 Å². The first kappa shape index (κ1) is 16.0. The molecular formula is C14H7Cl3F2O2. The van der Waals surface area contributed by atoms with Gasteiger partial charge in [0.2, 0.25) is 5.78 Å². The lowest BCUT2D eigenvalue weighted by Crippen LogP contribution is -2.14. The average Bonchev–Trinajstić information content (AvgIpc) is 2.40. The van der Waals surface area contributed by atoms with Gasteiger partial charge in [0.1, 0.15) is 11.6 Å². The van der Waals surface area contributed by atoms with Crippen molar-refractivity contribution in [2.45, 2.75) is 0 Å². The van der Waals surface area contributed by atoms with Crippen molar-refractivity contribution in [1.29, 1.82) is 0 Å². The van der Waals surface area contributed by atoms with E-state index < -0.39 is 29.6 Å². The van der Waals surface area contributed by atoms with Gasteiger partial charge in [0.15, 0.2) is 12.4 Å². The number of carbonyl (C=O) groups is 1. The summed E-state index contributed by atoms with van der Waals surface area (Å²) in [4.78, 5) is 11.8. The molecule has 2 aromatic rings. The topological polar surface area (TPSA) is 26.3 Å². The van der Waals surface area contributed by atoms with Gasteiger partial charge in [0.25, 0.3) is 0 Å². The smallest absolute Gasteiger partial charge is 0.203 e. The summed E-state index contributed by atoms with van der Waals surface area (Å²) in [5.41, 5.74) is -0.406. The number of rotatable bonds is 4. The summed E-state index contributed by atoms with van der Waals surface area (Å²) in [6, 6.07) is 5.35. The highest BCUT2D eigenvalue weighted by Crippen LogP contribution is 2.35. The maximum Gasteiger partial charge on any atom is 0.203 e. The molecule has 0 aliphatic heterocycles. The van der Waals surface area contributed by atoms with Crippen LogP contribution in [0.4, 0.5) is 8.78 Å². The summed E-state index contributed by atoms with van der Waals surface area (Å²) >= 11 is 17.5. The van der Waals surface area contributed by atoms with Gasteiger partial charge in [-0.15, -0.1) is 0 Å². The Kier molecular flexibility index (Phi) is 5.04. The van der Waals surface area contributed by atoms with E-state index >= 15 is 0 Å². The summed E-state index contributed by atoms with van der Waals surface area (Å²) in [5, 5.41) is 0.528. The molecule has 2 nitrogen and oxygen atoms in total. The van der Waals surface area contributed by atoms with Gasteiger partial charge in [-0.05, 0) is 30.3 Å². The fourth-order valence-corrected chi connectivity index (χ4v) is 2.52. The first-order valence-electron chi connectivity index (χ1n) is 5.64. The van der Waals surface area contributed by atoms with Crippen molar-refractivity contribution in [2.75, 3.05) is 6.61 Å². The lowest BCUT2D eigenvalue weighted by atomic mass is 10.1. The third-order valence-electron chi connectivity index (χ3n) is 2.54. The monoisotopic (exact) mass is 350 g/mol. The Morgan fingerprint density at radius 3 is 2.29 bits per heavy atom. The molecule has 2 rings (SSSR count). The van der Waals surface area contributed by atoms with Gasteiger partial charge in [-0.1, -0.05) is 34.8 Å². The van der Waals surface area contributed by atoms with Crippen LogP contribution < -0.4 is 4.74 Å². The van der Waals surface area contributed by atoms with Crippen molar-refractivity contribution in [1.82, 2.24) is 0 Å². The molecule has 0 unspecified atom stereocenters. The highest BCUT2D eigenvalue weighted by atomic mass is 35.5. The second-order valence-corrected chi connectivity index (χ2v) is 5.29. The van der Waals surface area contributed by atoms with E-state index in [2.05, 4.69) is 0 Å². The molecule has 0 atom stereocenters. The first-order chi connectivity index (χ1) is 9.88. The van der Waals surface area contributed by atoms with Crippen molar-refractivity contribution in [3.05, 3.63) is 62.6 Å². The number of carbonyl (C=O) groups excluding carboxylic acids is 1. The lowest BCUT2D eigenvalue weighted by Gasteiger charge is -2.10. The van der Waals surface area contributed by atoms with Gasteiger partial charge in [-0.25, -0.2) is 8.78 Å². The second-order valence-electron chi connectivity index (χ2n) is 4.03. The summed E-state index contributed by atoms with van der Waals surface area (Å²) < 4.78 is 31.6. The molecule has 0 spiro atoms. The van der Waals surface area contributed by atoms with E-state index in [9.17, 15) is 13.6 Å². The largest absolute Gasteiger partial charge is 0.482 e. The molecule has 21 heavy (non-hydrogen) atoms. The Morgan fingerprint density at radius 1 is 1.05 bits per heavy atom. The minimum Gasteiger partial charge on any atom is -0.482 e. The Labute approximate surface area is 134 Å². The minimum absolute atomic E-state index is 0.0490. The Bertz CT molecular complexity index is 682. The molecular weight excluding hydrogens is 345 g/mol. The van der Waals surface area contributed by atoms with E-state index in [-0.39, 0.29) is 15.8 Å². The molecule has 0 aromatic heterocycles. The maximum atomic E-state index is 13.4. The number of halogens is 5. The quantitative estimate of drug-likeness (QED) is 0.709. The van der Waals surface area contributed by atoms with Crippen molar-refractivity contribution in [2.24, 2.45) is 0 Å². The zero-order valence-corrected chi connectivity index (χ0v) is 12.6. The summed E-state index contributed by atoms with van der Waals surface area (Å²) in [6.07, 6.45) is 0. The normalized spacial score (nSPS) is 10.5. The molecule has 0 radical (unpaired) electrons. The number of Topliss-reactive ketones (excluding diaryl/α,β-unsaturated/α-hetero) is 1. The van der Waals surface area contributed by atoms with Crippen LogP contribution in [-0.4, -0.2) is 12.4 Å². The average molecular weight is 352 g/mol. The molecule has 2 aromatic carbocycles. The summed E-state index contributed by atoms with van der Waals surface area (Å²) in [6.45, 7) is -0.540. The number of hydrogen-bond donors (Lipinski definition) is 0. The van der Waals surface area contributed by atoms with Crippen LogP contribution in [0.15, 0.2) is 30.3 Å². The zero-order chi connectivity index (χ0) is 15.6. The molecule has 7 heteroatoms. The Morgan fingerprint density at radius 2 is 1.67 bits per heavy atom. The number of hydrogen-bond acceptors (Lipinski definition) is 2. The molecule has 0 saturated heterocycles. The second kappa shape index (κ2) is 6.60. The molecule has 0 aliphatic carbocycles. The number of benzene rings is 2. The van der Waals surface area contributed by atoms with Gasteiger partial charge in [0.05, 0.1) is 15.6 Å². The number of ether oxygens (including phenoxy) is 1. The van der Waals surface area contributed by atoms with Gasteiger partial charge in [-0.2, -0.15) is 0 Å². The highest BCUT2D eigenvalue weighted by Gasteiger charge is 2.16. The molecule has 0 aliphatic rings. The molecule has 0 fully saturated rings. The number of ketones is 1. The van der Waals surface area contributed by atoms with Crippen molar-refractivity contribution >= 4 is 40.6 Å². The lowest BCUT2D eigenvalue weighted by molar-refractivity contribution is 0.0917. The summed E-state index contributed by atoms with van der Waals surface area (Å²) in [7, 11) is 0. The predicted molar refractivity (Wildman–Crippen MR) is 77.7 cm³/mol. The third kappa shape index (κ3) is 3.84. The van der Waals surface area contributed by atoms with Crippen LogP contribution in [0, 0.1) is 11.6 Å². The standard InChI is InChI=1S/C14H7Cl3F2O2/c15-7-3-10(16)14(11(17)4-7)21-6-13(20)9-5-8(18)1-2-12(9)19/h1-5H,6H2. The first-order valence-corrected chi connectivity index (χ1v) is 6.77. The van der Waals surface area contributed by atoms with Crippen LogP contribution >= 0.6 is 34.8 Å². The SMILES string of the molecule is O=C(COc1c(Cl)cc(Cl)cc1Cl)c1cc(F)ccc1F. The van der Waals surface area contributed by atoms with Gasteiger partial charge < -0.3 is 4.74 Å². The van der Waals surface area contributed by atoms with E-state index in [0.29, 0.717) is 5.02 Å². The van der Waals surface area contributed by atoms with Gasteiger partial charge >= 0.3 is 0 Å². The van der Waals surface area contributed by atoms with Gasteiger partial charge in [-0.3, -0.25) is 4.79 Å². The maximum absolute atomic E-state index is 13.4. The molecule has 0 saturated carbocycles. The molecule has 0 bridgehead atoms. The van der Waals surface area contributed by atoms with E-state index in [4.69, 9.17) is 39.5 Å². The van der Waals surface area contributed by atoms with Crippen molar-refractivity contribution in [3.63, 3.8) is 0 Å². The molecule has 110 valence electrons. The van der Waals surface area contributed by atoms with Crippen molar-refractivity contribution < 1.29 is 18.3 Å². The zero-order valence-electron chi connectivity index (χ0n) is 10.3. The van der Waals surface area contributed by atoms with E-state index in [1.54, 1.807) is 0 Å². The Balaban J connectivity index is 2.17. The summed E-state index contributed by atoms with van der Waals surface area (Å²) in [5.74, 6) is -2.25. The van der Waals surface area contributed by atoms with Crippen LogP contribution in [-0.2, 0) is 0 Å². The van der Waals surface area contributed by atoms with Crippen LogP contribution in [0.5, 0.6) is 5.75 Å². The van der Waals surface area contributed by atoms with E-state index in [1.807, 2.05) is 0 Å². The van der Waals surface area contributed by atoms with Crippen LogP contribution in [0.25, 0.3) is 0 Å². The fourth-order valence-electron chi connectivity index (χ4n) is 1.59. The van der Waals surface area contributed by atoms with E-state index in [1.165, 1.54) is 12.1 Å². The molecule has 0 heterocycles. The van der Waals surface area contributed by atoms with Gasteiger partial charge in [0, 0.05) is 5.02 Å². The Hall–Kier alpha value is -1.36. The van der Waals surface area contributed by atoms with Crippen LogP contribution in [0.3, 0.4) is 0 Å².